The summed E-state index contributed by atoms with van der Waals surface area (Å²) < 4.78 is 18.8. The van der Waals surface area contributed by atoms with Crippen LogP contribution in [-0.2, 0) is 4.74 Å². The monoisotopic (exact) mass is 278 g/mol. The molecule has 0 radical (unpaired) electrons. The molecule has 0 atom stereocenters. The second kappa shape index (κ2) is 8.31. The molecule has 0 aromatic heterocycles. The van der Waals surface area contributed by atoms with E-state index in [1.165, 1.54) is 17.0 Å². The Kier molecular flexibility index (Phi) is 6.71. The molecule has 0 bridgehead atoms. The van der Waals surface area contributed by atoms with Gasteiger partial charge in [0.05, 0.1) is 12.1 Å². The number of halogens is 1. The highest BCUT2D eigenvalue weighted by molar-refractivity contribution is 5.94. The number of nitrogens with two attached hydrogens (primary N) is 1. The van der Waals surface area contributed by atoms with Crippen molar-refractivity contribution in [2.45, 2.75) is 6.42 Å². The van der Waals surface area contributed by atoms with Gasteiger partial charge in [-0.05, 0) is 24.6 Å². The van der Waals surface area contributed by atoms with Crippen LogP contribution in [-0.4, -0.2) is 44.7 Å². The summed E-state index contributed by atoms with van der Waals surface area (Å²) in [5, 5.41) is 0. The summed E-state index contributed by atoms with van der Waals surface area (Å²) in [4.78, 5) is 13.5. The van der Waals surface area contributed by atoms with Gasteiger partial charge in [-0.1, -0.05) is 11.8 Å². The molecule has 1 amide bonds. The summed E-state index contributed by atoms with van der Waals surface area (Å²) in [5.74, 6) is 4.44. The van der Waals surface area contributed by atoms with Crippen LogP contribution in [0.3, 0.4) is 0 Å². The van der Waals surface area contributed by atoms with Crippen molar-refractivity contribution in [3.05, 3.63) is 35.1 Å². The Hall–Kier alpha value is -1.90. The summed E-state index contributed by atoms with van der Waals surface area (Å²) in [6.45, 7) is 1.29. The first-order valence-corrected chi connectivity index (χ1v) is 6.33. The van der Waals surface area contributed by atoms with E-state index in [-0.39, 0.29) is 18.0 Å². The molecule has 0 heterocycles. The molecule has 5 heteroatoms. The number of rotatable bonds is 5. The summed E-state index contributed by atoms with van der Waals surface area (Å²) in [6.07, 6.45) is 0.709. The van der Waals surface area contributed by atoms with Crippen LogP contribution in [0.5, 0.6) is 0 Å². The molecule has 1 aromatic rings. The third-order valence-electron chi connectivity index (χ3n) is 2.72. The lowest BCUT2D eigenvalue weighted by Crippen LogP contribution is -2.29. The van der Waals surface area contributed by atoms with Crippen molar-refractivity contribution < 1.29 is 13.9 Å². The number of hydrogen-bond acceptors (Lipinski definition) is 3. The van der Waals surface area contributed by atoms with Gasteiger partial charge < -0.3 is 15.4 Å². The Bertz CT molecular complexity index is 520. The fraction of sp³-hybridized carbons (Fsp3) is 0.400. The van der Waals surface area contributed by atoms with E-state index in [1.807, 2.05) is 0 Å². The molecule has 0 aliphatic heterocycles. The number of carbonyl (C=O) groups excluding carboxylic acids is 1. The zero-order chi connectivity index (χ0) is 15.0. The normalized spacial score (nSPS) is 9.80. The molecule has 1 aromatic carbocycles. The minimum atomic E-state index is -0.572. The maximum absolute atomic E-state index is 13.9. The van der Waals surface area contributed by atoms with Crippen molar-refractivity contribution in [3.63, 3.8) is 0 Å². The number of nitrogens with zero attached hydrogens (tertiary/aromatic N) is 1. The predicted molar refractivity (Wildman–Crippen MR) is 75.8 cm³/mol. The fourth-order valence-electron chi connectivity index (χ4n) is 1.67. The second-order valence-electron chi connectivity index (χ2n) is 4.27. The number of methoxy groups -OCH3 is 1. The minimum Gasteiger partial charge on any atom is -0.385 e. The topological polar surface area (TPSA) is 55.6 Å². The molecule has 0 unspecified atom stereocenters. The van der Waals surface area contributed by atoms with Crippen LogP contribution in [0.1, 0.15) is 22.3 Å². The Morgan fingerprint density at radius 3 is 2.85 bits per heavy atom. The molecule has 0 fully saturated rings. The van der Waals surface area contributed by atoms with Crippen molar-refractivity contribution in [1.82, 2.24) is 4.90 Å². The van der Waals surface area contributed by atoms with Crippen molar-refractivity contribution in [3.8, 4) is 11.8 Å². The van der Waals surface area contributed by atoms with E-state index in [1.54, 1.807) is 20.2 Å². The molecular weight excluding hydrogens is 259 g/mol. The van der Waals surface area contributed by atoms with E-state index >= 15 is 0 Å². The average Bonchev–Trinajstić information content (AvgIpc) is 2.44. The molecule has 0 saturated heterocycles. The smallest absolute Gasteiger partial charge is 0.256 e. The highest BCUT2D eigenvalue weighted by Crippen LogP contribution is 2.12. The molecular formula is C15H19FN2O2. The number of hydrogen-bond donors (Lipinski definition) is 1. The van der Waals surface area contributed by atoms with E-state index in [0.29, 0.717) is 25.1 Å². The molecule has 20 heavy (non-hydrogen) atoms. The van der Waals surface area contributed by atoms with Crippen LogP contribution in [0.25, 0.3) is 0 Å². The highest BCUT2D eigenvalue weighted by atomic mass is 19.1. The summed E-state index contributed by atoms with van der Waals surface area (Å²) >= 11 is 0. The molecule has 0 spiro atoms. The van der Waals surface area contributed by atoms with Crippen LogP contribution in [0.4, 0.5) is 4.39 Å². The van der Waals surface area contributed by atoms with Crippen molar-refractivity contribution in [2.24, 2.45) is 5.73 Å². The lowest BCUT2D eigenvalue weighted by atomic mass is 10.1. The summed E-state index contributed by atoms with van der Waals surface area (Å²) in [6, 6.07) is 4.31. The first-order valence-electron chi connectivity index (χ1n) is 6.33. The van der Waals surface area contributed by atoms with Crippen LogP contribution < -0.4 is 5.73 Å². The zero-order valence-electron chi connectivity index (χ0n) is 11.8. The Balaban J connectivity index is 2.78. The average molecular weight is 278 g/mol. The number of carbonyl (C=O) groups is 1. The first kappa shape index (κ1) is 16.2. The maximum atomic E-state index is 13.9. The van der Waals surface area contributed by atoms with E-state index in [4.69, 9.17) is 10.5 Å². The van der Waals surface area contributed by atoms with Gasteiger partial charge in [0.25, 0.3) is 5.91 Å². The van der Waals surface area contributed by atoms with Gasteiger partial charge in [-0.3, -0.25) is 4.79 Å². The standard InChI is InChI=1S/C15H19FN2O2/c1-18(9-4-10-20-2)15(19)13-7-6-12(5-3-8-17)11-14(13)16/h6-7,11H,4,8-10,17H2,1-2H3. The zero-order valence-corrected chi connectivity index (χ0v) is 11.8. The lowest BCUT2D eigenvalue weighted by Gasteiger charge is -2.17. The molecule has 4 nitrogen and oxygen atoms in total. The molecule has 2 N–H and O–H groups in total. The van der Waals surface area contributed by atoms with Crippen molar-refractivity contribution in [1.29, 1.82) is 0 Å². The second-order valence-corrected chi connectivity index (χ2v) is 4.27. The van der Waals surface area contributed by atoms with Gasteiger partial charge in [-0.25, -0.2) is 4.39 Å². The number of benzene rings is 1. The summed E-state index contributed by atoms with van der Waals surface area (Å²) in [7, 11) is 3.24. The van der Waals surface area contributed by atoms with Gasteiger partial charge in [0.2, 0.25) is 0 Å². The molecule has 108 valence electrons. The molecule has 0 aliphatic rings. The Labute approximate surface area is 118 Å². The highest BCUT2D eigenvalue weighted by Gasteiger charge is 2.15. The van der Waals surface area contributed by atoms with Crippen LogP contribution in [0.15, 0.2) is 18.2 Å². The van der Waals surface area contributed by atoms with Crippen molar-refractivity contribution >= 4 is 5.91 Å². The maximum Gasteiger partial charge on any atom is 0.256 e. The van der Waals surface area contributed by atoms with E-state index < -0.39 is 5.82 Å². The molecule has 0 saturated carbocycles. The predicted octanol–water partition coefficient (Wildman–Crippen LogP) is 1.24. The van der Waals surface area contributed by atoms with Gasteiger partial charge in [0.15, 0.2) is 0 Å². The van der Waals surface area contributed by atoms with Gasteiger partial charge in [0.1, 0.15) is 5.82 Å². The third kappa shape index (κ3) is 4.65. The van der Waals surface area contributed by atoms with E-state index in [2.05, 4.69) is 11.8 Å². The van der Waals surface area contributed by atoms with Gasteiger partial charge in [0, 0.05) is 32.9 Å². The summed E-state index contributed by atoms with van der Waals surface area (Å²) in [5.41, 5.74) is 5.80. The van der Waals surface area contributed by atoms with Gasteiger partial charge in [-0.15, -0.1) is 0 Å². The van der Waals surface area contributed by atoms with Crippen LogP contribution in [0.2, 0.25) is 0 Å². The van der Waals surface area contributed by atoms with E-state index in [9.17, 15) is 9.18 Å². The lowest BCUT2D eigenvalue weighted by molar-refractivity contribution is 0.0775. The quantitative estimate of drug-likeness (QED) is 0.651. The first-order chi connectivity index (χ1) is 9.60. The largest absolute Gasteiger partial charge is 0.385 e. The molecule has 1 rings (SSSR count). The Morgan fingerprint density at radius 1 is 1.50 bits per heavy atom. The third-order valence-corrected chi connectivity index (χ3v) is 2.72. The minimum absolute atomic E-state index is 0.0446. The van der Waals surface area contributed by atoms with Gasteiger partial charge in [-0.2, -0.15) is 0 Å². The van der Waals surface area contributed by atoms with Gasteiger partial charge >= 0.3 is 0 Å². The van der Waals surface area contributed by atoms with Crippen LogP contribution >= 0.6 is 0 Å². The number of ether oxygens (including phenoxy) is 1. The van der Waals surface area contributed by atoms with Crippen molar-refractivity contribution in [2.75, 3.05) is 33.9 Å². The van der Waals surface area contributed by atoms with E-state index in [0.717, 1.165) is 0 Å². The Morgan fingerprint density at radius 2 is 2.25 bits per heavy atom. The van der Waals surface area contributed by atoms with Crippen LogP contribution in [0, 0.1) is 17.7 Å². The number of amides is 1. The fourth-order valence-corrected chi connectivity index (χ4v) is 1.67. The molecule has 0 aliphatic carbocycles. The SMILES string of the molecule is COCCCN(C)C(=O)c1ccc(C#CCN)cc1F.